The molecule has 1 aromatic carbocycles. The Hall–Kier alpha value is -2.23. The number of hydrogen-bond acceptors (Lipinski definition) is 4. The molecule has 0 N–H and O–H groups in total. The summed E-state index contributed by atoms with van der Waals surface area (Å²) >= 11 is 7.21. The van der Waals surface area contributed by atoms with E-state index >= 15 is 0 Å². The molecule has 0 aliphatic heterocycles. The molecule has 0 aliphatic carbocycles. The maximum Gasteiger partial charge on any atom is 0.300 e. The number of nitrogens with zero attached hydrogens (tertiary/aromatic N) is 4. The van der Waals surface area contributed by atoms with E-state index in [-0.39, 0.29) is 11.2 Å². The third-order valence-corrected chi connectivity index (χ3v) is 3.93. The molecule has 21 heavy (non-hydrogen) atoms. The first-order chi connectivity index (χ1) is 10.2. The molecule has 0 saturated carbocycles. The molecular formula is C14H9ClN4OS. The molecule has 0 radical (unpaired) electrons. The van der Waals surface area contributed by atoms with Gasteiger partial charge < -0.3 is 0 Å². The average molecular weight is 317 g/mol. The van der Waals surface area contributed by atoms with Gasteiger partial charge in [-0.05, 0) is 24.3 Å². The average Bonchev–Trinajstić information content (AvgIpc) is 2.91. The first kappa shape index (κ1) is 13.7. The van der Waals surface area contributed by atoms with E-state index in [1.165, 1.54) is 16.3 Å². The molecule has 2 aromatic heterocycles. The first-order valence-corrected chi connectivity index (χ1v) is 7.35. The van der Waals surface area contributed by atoms with E-state index < -0.39 is 0 Å². The maximum absolute atomic E-state index is 12.5. The van der Waals surface area contributed by atoms with Crippen molar-refractivity contribution in [1.29, 1.82) is 0 Å². The smallest absolute Gasteiger partial charge is 0.280 e. The lowest BCUT2D eigenvalue weighted by molar-refractivity contribution is 0.894. The summed E-state index contributed by atoms with van der Waals surface area (Å²) in [5.74, 6) is 2.99. The number of terminal acetylenes is 1. The zero-order valence-electron chi connectivity index (χ0n) is 10.7. The minimum absolute atomic E-state index is 0.250. The minimum atomic E-state index is -0.250. The van der Waals surface area contributed by atoms with Crippen LogP contribution in [0.15, 0.2) is 46.6 Å². The van der Waals surface area contributed by atoms with Gasteiger partial charge in [-0.1, -0.05) is 29.3 Å². The molecule has 0 unspecified atom stereocenters. The van der Waals surface area contributed by atoms with Gasteiger partial charge in [-0.25, -0.2) is 0 Å². The Bertz CT molecular complexity index is 892. The van der Waals surface area contributed by atoms with Crippen LogP contribution in [0.1, 0.15) is 0 Å². The first-order valence-electron chi connectivity index (χ1n) is 5.99. The molecule has 0 saturated heterocycles. The zero-order valence-corrected chi connectivity index (χ0v) is 12.3. The summed E-state index contributed by atoms with van der Waals surface area (Å²) in [5, 5.41) is 9.14. The second kappa shape index (κ2) is 5.64. The van der Waals surface area contributed by atoms with Crippen molar-refractivity contribution in [2.24, 2.45) is 0 Å². The Morgan fingerprint density at radius 2 is 2.00 bits per heavy atom. The standard InChI is InChI=1S/C14H9ClN4OS/c1-2-9-21-14-17-16-12-13(20)18(7-8-19(12)14)11-5-3-10(15)4-6-11/h1,3-8H,9H2. The molecule has 5 nitrogen and oxygen atoms in total. The lowest BCUT2D eigenvalue weighted by atomic mass is 10.3. The quantitative estimate of drug-likeness (QED) is 0.549. The van der Waals surface area contributed by atoms with Gasteiger partial charge in [-0.2, -0.15) is 0 Å². The van der Waals surface area contributed by atoms with E-state index in [1.54, 1.807) is 41.1 Å². The van der Waals surface area contributed by atoms with Crippen molar-refractivity contribution in [2.75, 3.05) is 5.75 Å². The van der Waals surface area contributed by atoms with Gasteiger partial charge >= 0.3 is 5.56 Å². The highest BCUT2D eigenvalue weighted by Gasteiger charge is 2.11. The molecule has 0 atom stereocenters. The maximum atomic E-state index is 12.5. The number of benzene rings is 1. The lowest BCUT2D eigenvalue weighted by Gasteiger charge is -2.06. The summed E-state index contributed by atoms with van der Waals surface area (Å²) in [4.78, 5) is 12.5. The van der Waals surface area contributed by atoms with Gasteiger partial charge in [0, 0.05) is 23.1 Å². The number of fused-ring (bicyclic) bond motifs is 1. The van der Waals surface area contributed by atoms with E-state index in [1.807, 2.05) is 0 Å². The van der Waals surface area contributed by atoms with Gasteiger partial charge in [0.05, 0.1) is 5.75 Å². The summed E-state index contributed by atoms with van der Waals surface area (Å²) in [6, 6.07) is 6.99. The van der Waals surface area contributed by atoms with Crippen molar-refractivity contribution in [2.45, 2.75) is 5.16 Å². The third-order valence-electron chi connectivity index (χ3n) is 2.83. The predicted molar refractivity (Wildman–Crippen MR) is 83.2 cm³/mol. The molecule has 2 heterocycles. The molecule has 104 valence electrons. The van der Waals surface area contributed by atoms with E-state index in [4.69, 9.17) is 18.0 Å². The second-order valence-corrected chi connectivity index (χ2v) is 5.50. The zero-order chi connectivity index (χ0) is 14.8. The summed E-state index contributed by atoms with van der Waals surface area (Å²) in [5.41, 5.74) is 0.722. The van der Waals surface area contributed by atoms with Crippen LogP contribution in [0.25, 0.3) is 11.3 Å². The van der Waals surface area contributed by atoms with Gasteiger partial charge in [0.15, 0.2) is 5.16 Å². The number of aromatic nitrogens is 4. The molecule has 0 amide bonds. The van der Waals surface area contributed by atoms with Crippen molar-refractivity contribution in [1.82, 2.24) is 19.2 Å². The Kier molecular flexibility index (Phi) is 3.69. The van der Waals surface area contributed by atoms with Crippen molar-refractivity contribution in [3.8, 4) is 18.0 Å². The fourth-order valence-electron chi connectivity index (χ4n) is 1.88. The summed E-state index contributed by atoms with van der Waals surface area (Å²) in [6.45, 7) is 0. The van der Waals surface area contributed by atoms with Crippen LogP contribution in [0, 0.1) is 12.3 Å². The van der Waals surface area contributed by atoms with Gasteiger partial charge in [0.2, 0.25) is 5.65 Å². The number of hydrogen-bond donors (Lipinski definition) is 0. The molecule has 3 aromatic rings. The van der Waals surface area contributed by atoms with Gasteiger partial charge in [0.1, 0.15) is 0 Å². The fourth-order valence-corrected chi connectivity index (χ4v) is 2.60. The van der Waals surface area contributed by atoms with E-state index in [9.17, 15) is 4.79 Å². The van der Waals surface area contributed by atoms with Gasteiger partial charge in [-0.3, -0.25) is 13.8 Å². The topological polar surface area (TPSA) is 52.2 Å². The Morgan fingerprint density at radius 1 is 1.24 bits per heavy atom. The highest BCUT2D eigenvalue weighted by atomic mass is 35.5. The van der Waals surface area contributed by atoms with Crippen LogP contribution in [0.2, 0.25) is 5.02 Å². The highest BCUT2D eigenvalue weighted by Crippen LogP contribution is 2.16. The molecule has 3 rings (SSSR count). The lowest BCUT2D eigenvalue weighted by Crippen LogP contribution is -2.20. The van der Waals surface area contributed by atoms with Crippen molar-refractivity contribution in [3.63, 3.8) is 0 Å². The van der Waals surface area contributed by atoms with Crippen molar-refractivity contribution >= 4 is 29.0 Å². The second-order valence-electron chi connectivity index (χ2n) is 4.12. The van der Waals surface area contributed by atoms with E-state index in [2.05, 4.69) is 16.1 Å². The Labute approximate surface area is 129 Å². The van der Waals surface area contributed by atoms with Crippen LogP contribution in [-0.4, -0.2) is 24.9 Å². The predicted octanol–water partition coefficient (Wildman–Crippen LogP) is 2.26. The minimum Gasteiger partial charge on any atom is -0.280 e. The number of thioether (sulfide) groups is 1. The molecule has 0 aliphatic rings. The highest BCUT2D eigenvalue weighted by molar-refractivity contribution is 7.99. The van der Waals surface area contributed by atoms with Crippen molar-refractivity contribution in [3.05, 3.63) is 52.0 Å². The van der Waals surface area contributed by atoms with Crippen LogP contribution in [0.5, 0.6) is 0 Å². The Balaban J connectivity index is 2.11. The SMILES string of the molecule is C#CCSc1nnc2c(=O)n(-c3ccc(Cl)cc3)ccn12. The van der Waals surface area contributed by atoms with E-state index in [0.29, 0.717) is 21.6 Å². The number of rotatable bonds is 3. The molecule has 0 spiro atoms. The summed E-state index contributed by atoms with van der Waals surface area (Å²) in [7, 11) is 0. The van der Waals surface area contributed by atoms with Crippen LogP contribution in [0.4, 0.5) is 0 Å². The molecule has 7 heteroatoms. The van der Waals surface area contributed by atoms with E-state index in [0.717, 1.165) is 0 Å². The monoisotopic (exact) mass is 316 g/mol. The van der Waals surface area contributed by atoms with Gasteiger partial charge in [-0.15, -0.1) is 16.6 Å². The van der Waals surface area contributed by atoms with Crippen LogP contribution in [-0.2, 0) is 0 Å². The van der Waals surface area contributed by atoms with Crippen LogP contribution < -0.4 is 5.56 Å². The van der Waals surface area contributed by atoms with Crippen LogP contribution in [0.3, 0.4) is 0 Å². The molecule has 0 fully saturated rings. The summed E-state index contributed by atoms with van der Waals surface area (Å²) in [6.07, 6.45) is 8.64. The largest absolute Gasteiger partial charge is 0.300 e. The molecule has 0 bridgehead atoms. The fraction of sp³-hybridized carbons (Fsp3) is 0.0714. The molecular weight excluding hydrogens is 308 g/mol. The Morgan fingerprint density at radius 3 is 2.71 bits per heavy atom. The van der Waals surface area contributed by atoms with Crippen molar-refractivity contribution < 1.29 is 0 Å². The normalized spacial score (nSPS) is 10.7. The summed E-state index contributed by atoms with van der Waals surface area (Å²) < 4.78 is 3.13. The van der Waals surface area contributed by atoms with Gasteiger partial charge in [0.25, 0.3) is 0 Å². The number of halogens is 1. The third kappa shape index (κ3) is 2.53. The van der Waals surface area contributed by atoms with Crippen LogP contribution >= 0.6 is 23.4 Å².